The zero-order chi connectivity index (χ0) is 11.4. The molecule has 1 aromatic carbocycles. The molecule has 0 spiro atoms. The van der Waals surface area contributed by atoms with Gasteiger partial charge in [-0.25, -0.2) is 0 Å². The molecule has 88 valence electrons. The lowest BCUT2D eigenvalue weighted by atomic mass is 9.87. The molecule has 1 heterocycles. The van der Waals surface area contributed by atoms with Crippen LogP contribution < -0.4 is 5.32 Å². The lowest BCUT2D eigenvalue weighted by molar-refractivity contribution is -0.134. The minimum atomic E-state index is -0.0543. The van der Waals surface area contributed by atoms with Gasteiger partial charge in [0.1, 0.15) is 0 Å². The first kappa shape index (κ1) is 12.0. The van der Waals surface area contributed by atoms with E-state index < -0.39 is 0 Å². The second-order valence-electron chi connectivity index (χ2n) is 4.35. The fourth-order valence-corrected chi connectivity index (χ4v) is 2.17. The van der Waals surface area contributed by atoms with Crippen LogP contribution in [0.1, 0.15) is 5.56 Å². The predicted molar refractivity (Wildman–Crippen MR) is 66.2 cm³/mol. The molecule has 2 N–H and O–H groups in total. The van der Waals surface area contributed by atoms with Crippen molar-refractivity contribution in [1.29, 1.82) is 0 Å². The highest BCUT2D eigenvalue weighted by molar-refractivity contribution is 9.10. The molecule has 16 heavy (non-hydrogen) atoms. The third kappa shape index (κ3) is 2.63. The van der Waals surface area contributed by atoms with Gasteiger partial charge in [0.25, 0.3) is 0 Å². The lowest BCUT2D eigenvalue weighted by Crippen LogP contribution is -2.52. The van der Waals surface area contributed by atoms with E-state index >= 15 is 0 Å². The lowest BCUT2D eigenvalue weighted by Gasteiger charge is -2.40. The summed E-state index contributed by atoms with van der Waals surface area (Å²) in [5.74, 6) is 0. The summed E-state index contributed by atoms with van der Waals surface area (Å²) < 4.78 is 6.26. The summed E-state index contributed by atoms with van der Waals surface area (Å²) in [6.45, 7) is 3.11. The Bertz CT molecular complexity index is 347. The van der Waals surface area contributed by atoms with E-state index in [-0.39, 0.29) is 12.0 Å². The molecule has 4 heteroatoms. The van der Waals surface area contributed by atoms with Crippen LogP contribution >= 0.6 is 15.9 Å². The van der Waals surface area contributed by atoms with Gasteiger partial charge in [0.15, 0.2) is 0 Å². The van der Waals surface area contributed by atoms with Gasteiger partial charge in [-0.05, 0) is 11.6 Å². The van der Waals surface area contributed by atoms with Gasteiger partial charge in [0.05, 0.1) is 25.2 Å². The number of aliphatic hydroxyl groups excluding tert-OH is 1. The van der Waals surface area contributed by atoms with E-state index in [1.54, 1.807) is 0 Å². The Balaban J connectivity index is 1.82. The van der Waals surface area contributed by atoms with Crippen LogP contribution in [0.5, 0.6) is 0 Å². The van der Waals surface area contributed by atoms with E-state index in [0.29, 0.717) is 13.2 Å². The van der Waals surface area contributed by atoms with E-state index in [4.69, 9.17) is 4.74 Å². The zero-order valence-corrected chi connectivity index (χ0v) is 10.7. The van der Waals surface area contributed by atoms with Gasteiger partial charge < -0.3 is 15.2 Å². The van der Waals surface area contributed by atoms with Gasteiger partial charge in [0.2, 0.25) is 0 Å². The predicted octanol–water partition coefficient (Wildman–Crippen LogP) is 1.55. The number of benzene rings is 1. The number of aliphatic hydroxyl groups is 1. The number of hydrogen-bond acceptors (Lipinski definition) is 3. The summed E-state index contributed by atoms with van der Waals surface area (Å²) in [5, 5.41) is 12.6. The van der Waals surface area contributed by atoms with Crippen LogP contribution in [0.15, 0.2) is 28.7 Å². The first-order valence-electron chi connectivity index (χ1n) is 5.38. The maximum atomic E-state index is 9.26. The monoisotopic (exact) mass is 285 g/mol. The zero-order valence-electron chi connectivity index (χ0n) is 9.08. The Morgan fingerprint density at radius 3 is 2.69 bits per heavy atom. The van der Waals surface area contributed by atoms with Gasteiger partial charge in [-0.1, -0.05) is 34.1 Å². The van der Waals surface area contributed by atoms with Crippen molar-refractivity contribution in [1.82, 2.24) is 5.32 Å². The molecular weight excluding hydrogens is 270 g/mol. The van der Waals surface area contributed by atoms with Crippen LogP contribution in [-0.2, 0) is 11.3 Å². The fraction of sp³-hybridized carbons (Fsp3) is 0.500. The third-order valence-electron chi connectivity index (χ3n) is 2.93. The van der Waals surface area contributed by atoms with Gasteiger partial charge in [0, 0.05) is 17.6 Å². The largest absolute Gasteiger partial charge is 0.396 e. The maximum Gasteiger partial charge on any atom is 0.0579 e. The van der Waals surface area contributed by atoms with Crippen LogP contribution in [0.4, 0.5) is 0 Å². The summed E-state index contributed by atoms with van der Waals surface area (Å²) in [6.07, 6.45) is 0. The standard InChI is InChI=1S/C12H16BrNO2/c13-11-4-2-1-3-10(11)5-14-6-12(7-15)8-16-9-12/h1-4,14-15H,5-9H2. The second kappa shape index (κ2) is 5.27. The van der Waals surface area contributed by atoms with E-state index in [2.05, 4.69) is 27.3 Å². The van der Waals surface area contributed by atoms with Crippen molar-refractivity contribution < 1.29 is 9.84 Å². The van der Waals surface area contributed by atoms with Crippen molar-refractivity contribution in [3.63, 3.8) is 0 Å². The van der Waals surface area contributed by atoms with E-state index in [0.717, 1.165) is 17.6 Å². The van der Waals surface area contributed by atoms with Crippen molar-refractivity contribution in [2.24, 2.45) is 5.41 Å². The SMILES string of the molecule is OCC1(CNCc2ccccc2Br)COC1. The average Bonchev–Trinajstić information content (AvgIpc) is 2.25. The van der Waals surface area contributed by atoms with Gasteiger partial charge in [-0.15, -0.1) is 0 Å². The van der Waals surface area contributed by atoms with Crippen LogP contribution in [0, 0.1) is 5.41 Å². The summed E-state index contributed by atoms with van der Waals surface area (Å²) in [6, 6.07) is 8.14. The molecule has 0 bridgehead atoms. The topological polar surface area (TPSA) is 41.5 Å². The fourth-order valence-electron chi connectivity index (χ4n) is 1.74. The quantitative estimate of drug-likeness (QED) is 0.863. The van der Waals surface area contributed by atoms with Crippen molar-refractivity contribution in [2.75, 3.05) is 26.4 Å². The molecule has 0 unspecified atom stereocenters. The first-order chi connectivity index (χ1) is 7.76. The smallest absolute Gasteiger partial charge is 0.0579 e. The molecule has 0 radical (unpaired) electrons. The van der Waals surface area contributed by atoms with Crippen LogP contribution in [0.25, 0.3) is 0 Å². The third-order valence-corrected chi connectivity index (χ3v) is 3.70. The Hall–Kier alpha value is -0.420. The molecule has 1 saturated heterocycles. The van der Waals surface area contributed by atoms with Crippen LogP contribution in [0.2, 0.25) is 0 Å². The second-order valence-corrected chi connectivity index (χ2v) is 5.20. The molecule has 0 aliphatic carbocycles. The molecule has 1 aromatic rings. The molecule has 1 aliphatic rings. The van der Waals surface area contributed by atoms with Crippen molar-refractivity contribution >= 4 is 15.9 Å². The van der Waals surface area contributed by atoms with E-state index in [9.17, 15) is 5.11 Å². The average molecular weight is 286 g/mol. The number of ether oxygens (including phenoxy) is 1. The summed E-state index contributed by atoms with van der Waals surface area (Å²) in [7, 11) is 0. The van der Waals surface area contributed by atoms with E-state index in [1.807, 2.05) is 18.2 Å². The van der Waals surface area contributed by atoms with Crippen molar-refractivity contribution in [3.05, 3.63) is 34.3 Å². The summed E-state index contributed by atoms with van der Waals surface area (Å²) in [4.78, 5) is 0. The molecule has 2 rings (SSSR count). The number of rotatable bonds is 5. The van der Waals surface area contributed by atoms with Gasteiger partial charge >= 0.3 is 0 Å². The molecule has 0 aromatic heterocycles. The van der Waals surface area contributed by atoms with Crippen molar-refractivity contribution in [2.45, 2.75) is 6.54 Å². The van der Waals surface area contributed by atoms with Crippen LogP contribution in [-0.4, -0.2) is 31.5 Å². The maximum absolute atomic E-state index is 9.26. The highest BCUT2D eigenvalue weighted by Crippen LogP contribution is 2.25. The highest BCUT2D eigenvalue weighted by atomic mass is 79.9. The van der Waals surface area contributed by atoms with Gasteiger partial charge in [-0.3, -0.25) is 0 Å². The Kier molecular flexibility index (Phi) is 3.97. The highest BCUT2D eigenvalue weighted by Gasteiger charge is 2.37. The molecule has 1 aliphatic heterocycles. The summed E-state index contributed by atoms with van der Waals surface area (Å²) >= 11 is 3.51. The molecule has 1 fully saturated rings. The Morgan fingerprint density at radius 2 is 2.12 bits per heavy atom. The first-order valence-corrected chi connectivity index (χ1v) is 6.18. The number of halogens is 1. The minimum absolute atomic E-state index is 0.0543. The van der Waals surface area contributed by atoms with Crippen LogP contribution in [0.3, 0.4) is 0 Å². The number of nitrogens with one attached hydrogen (secondary N) is 1. The molecular formula is C12H16BrNO2. The molecule has 0 saturated carbocycles. The normalized spacial score (nSPS) is 18.1. The molecule has 0 amide bonds. The minimum Gasteiger partial charge on any atom is -0.396 e. The van der Waals surface area contributed by atoms with Gasteiger partial charge in [-0.2, -0.15) is 0 Å². The Morgan fingerprint density at radius 1 is 1.38 bits per heavy atom. The molecule has 3 nitrogen and oxygen atoms in total. The number of hydrogen-bond donors (Lipinski definition) is 2. The van der Waals surface area contributed by atoms with Crippen molar-refractivity contribution in [3.8, 4) is 0 Å². The Labute approximate surface area is 104 Å². The summed E-state index contributed by atoms with van der Waals surface area (Å²) in [5.41, 5.74) is 1.18. The molecule has 0 atom stereocenters. The van der Waals surface area contributed by atoms with E-state index in [1.165, 1.54) is 5.56 Å².